The first-order valence-corrected chi connectivity index (χ1v) is 19.8. The van der Waals surface area contributed by atoms with Crippen molar-refractivity contribution in [1.29, 1.82) is 0 Å². The lowest BCUT2D eigenvalue weighted by atomic mass is 9.92. The van der Waals surface area contributed by atoms with E-state index in [2.05, 4.69) is 43.9 Å². The van der Waals surface area contributed by atoms with Gasteiger partial charge in [0.05, 0.1) is 17.3 Å². The summed E-state index contributed by atoms with van der Waals surface area (Å²) in [6.45, 7) is 4.11. The van der Waals surface area contributed by atoms with Crippen LogP contribution in [0.15, 0.2) is 89.4 Å². The van der Waals surface area contributed by atoms with Gasteiger partial charge in [-0.2, -0.15) is 0 Å². The maximum absolute atomic E-state index is 13.1. The summed E-state index contributed by atoms with van der Waals surface area (Å²) < 4.78 is 14.8. The number of benzene rings is 4. The number of amides is 1. The van der Waals surface area contributed by atoms with Crippen molar-refractivity contribution in [3.8, 4) is 33.4 Å². The number of carbonyl (C=O) groups is 3. The van der Waals surface area contributed by atoms with Gasteiger partial charge in [0, 0.05) is 71.0 Å². The van der Waals surface area contributed by atoms with Gasteiger partial charge in [0.2, 0.25) is 0 Å². The van der Waals surface area contributed by atoms with Crippen LogP contribution in [0.25, 0.3) is 20.5 Å². The Bertz CT molecular complexity index is 2220. The third-order valence-electron chi connectivity index (χ3n) is 11.0. The zero-order valence-corrected chi connectivity index (χ0v) is 31.4. The van der Waals surface area contributed by atoms with E-state index in [4.69, 9.17) is 9.47 Å². The molecule has 1 aliphatic carbocycles. The molecule has 270 valence electrons. The van der Waals surface area contributed by atoms with Gasteiger partial charge in [0.25, 0.3) is 5.91 Å². The minimum Gasteiger partial charge on any atom is -0.508 e. The average molecular weight is 793 g/mol. The summed E-state index contributed by atoms with van der Waals surface area (Å²) in [6, 6.07) is 27.4. The number of hydrogen-bond acceptors (Lipinski definition) is 9. The molecule has 5 aromatic rings. The zero-order chi connectivity index (χ0) is 36.2. The molecule has 1 atom stereocenters. The van der Waals surface area contributed by atoms with Gasteiger partial charge in [0.15, 0.2) is 11.5 Å². The fourth-order valence-electron chi connectivity index (χ4n) is 8.15. The van der Waals surface area contributed by atoms with E-state index in [-0.39, 0.29) is 35.7 Å². The Kier molecular flexibility index (Phi) is 8.96. The number of halogens is 1. The summed E-state index contributed by atoms with van der Waals surface area (Å²) in [5.74, 6) is 2.27. The van der Waals surface area contributed by atoms with E-state index in [0.717, 1.165) is 92.5 Å². The molecule has 3 fully saturated rings. The minimum absolute atomic E-state index is 0.0287. The van der Waals surface area contributed by atoms with Crippen LogP contribution in [-0.4, -0.2) is 76.7 Å². The molecule has 4 heterocycles. The molecule has 0 radical (unpaired) electrons. The topological polar surface area (TPSA) is 99.6 Å². The van der Waals surface area contributed by atoms with Crippen LogP contribution < -0.4 is 14.4 Å². The molecule has 1 unspecified atom stereocenters. The van der Waals surface area contributed by atoms with Crippen LogP contribution in [-0.2, 0) is 16.1 Å². The fraction of sp³-hybridized carbons (Fsp3) is 0.310. The summed E-state index contributed by atoms with van der Waals surface area (Å²) in [4.78, 5) is 45.0. The SMILES string of the molecule is O=C1CCC(N2Cc3cc(N4CCC(N5CC(Oc6ccc(Oc7c(-c8ccc(Br)cc8)sc8cc(O)ccc78)cc6)C5)CC4)ccc3C2=O)C(=O)C1. The minimum atomic E-state index is -0.489. The number of ether oxygens (including phenoxy) is 2. The number of Topliss-reactive ketones (excluding diaryl/α,β-unsaturated/α-hetero) is 2. The van der Waals surface area contributed by atoms with Gasteiger partial charge in [-0.25, -0.2) is 0 Å². The van der Waals surface area contributed by atoms with Crippen LogP contribution in [0.1, 0.15) is 48.0 Å². The van der Waals surface area contributed by atoms with Gasteiger partial charge in [-0.05, 0) is 103 Å². The molecule has 1 saturated carbocycles. The second kappa shape index (κ2) is 13.9. The van der Waals surface area contributed by atoms with Crippen LogP contribution in [0, 0.1) is 0 Å². The molecule has 4 aromatic carbocycles. The first kappa shape index (κ1) is 34.1. The van der Waals surface area contributed by atoms with Crippen molar-refractivity contribution in [2.24, 2.45) is 0 Å². The summed E-state index contributed by atoms with van der Waals surface area (Å²) >= 11 is 5.12. The molecular formula is C42H38BrN3O6S. The summed E-state index contributed by atoms with van der Waals surface area (Å²) in [7, 11) is 0. The Labute approximate surface area is 319 Å². The van der Waals surface area contributed by atoms with Crippen molar-refractivity contribution in [3.05, 3.63) is 101 Å². The number of piperidine rings is 1. The van der Waals surface area contributed by atoms with Crippen LogP contribution in [0.5, 0.6) is 23.0 Å². The first-order chi connectivity index (χ1) is 25.8. The highest BCUT2D eigenvalue weighted by Gasteiger charge is 2.40. The summed E-state index contributed by atoms with van der Waals surface area (Å²) in [5.41, 5.74) is 3.81. The molecule has 1 N–H and O–H groups in total. The average Bonchev–Trinajstić information content (AvgIpc) is 3.66. The van der Waals surface area contributed by atoms with Crippen LogP contribution >= 0.6 is 27.3 Å². The van der Waals surface area contributed by atoms with Crippen molar-refractivity contribution in [2.45, 2.75) is 56.8 Å². The predicted molar refractivity (Wildman–Crippen MR) is 208 cm³/mol. The Balaban J connectivity index is 0.776. The molecule has 1 amide bonds. The van der Waals surface area contributed by atoms with Crippen LogP contribution in [0.4, 0.5) is 5.69 Å². The normalized spacial score (nSPS) is 19.9. The van der Waals surface area contributed by atoms with E-state index >= 15 is 0 Å². The van der Waals surface area contributed by atoms with E-state index in [0.29, 0.717) is 31.0 Å². The number of hydrogen-bond donors (Lipinski definition) is 1. The molecular weight excluding hydrogens is 754 g/mol. The second-order valence-corrected chi connectivity index (χ2v) is 16.4. The smallest absolute Gasteiger partial charge is 0.255 e. The maximum atomic E-state index is 13.1. The largest absolute Gasteiger partial charge is 0.508 e. The number of phenols is 1. The van der Waals surface area contributed by atoms with Crippen LogP contribution in [0.3, 0.4) is 0 Å². The molecule has 9 nitrogen and oxygen atoms in total. The van der Waals surface area contributed by atoms with Crippen molar-refractivity contribution in [3.63, 3.8) is 0 Å². The number of nitrogens with zero attached hydrogens (tertiary/aromatic N) is 3. The van der Waals surface area contributed by atoms with E-state index in [1.807, 2.05) is 54.6 Å². The number of ketones is 2. The maximum Gasteiger partial charge on any atom is 0.255 e. The van der Waals surface area contributed by atoms with Crippen molar-refractivity contribution in [1.82, 2.24) is 9.80 Å². The monoisotopic (exact) mass is 791 g/mol. The van der Waals surface area contributed by atoms with E-state index < -0.39 is 6.04 Å². The molecule has 0 spiro atoms. The first-order valence-electron chi connectivity index (χ1n) is 18.2. The molecule has 3 aliphatic heterocycles. The Morgan fingerprint density at radius 3 is 2.34 bits per heavy atom. The van der Waals surface area contributed by atoms with Crippen molar-refractivity contribution >= 4 is 60.5 Å². The second-order valence-electron chi connectivity index (χ2n) is 14.4. The number of likely N-dealkylation sites (tertiary alicyclic amines) is 1. The van der Waals surface area contributed by atoms with E-state index in [9.17, 15) is 19.5 Å². The molecule has 4 aliphatic rings. The number of thiophene rings is 1. The van der Waals surface area contributed by atoms with Gasteiger partial charge in [-0.1, -0.05) is 28.1 Å². The molecule has 9 rings (SSSR count). The van der Waals surface area contributed by atoms with Crippen molar-refractivity contribution < 1.29 is 29.0 Å². The lowest BCUT2D eigenvalue weighted by Crippen LogP contribution is -2.59. The highest BCUT2D eigenvalue weighted by Crippen LogP contribution is 2.47. The standard InChI is InChI=1S/C42H38BrN3O6S/c43-27-3-1-25(2-4-27)41-40(36-13-6-31(48)21-39(36)53-41)52-33-10-8-32(9-11-33)51-34-23-45(24-34)28-15-17-44(18-16-28)29-5-12-35-26(19-29)22-46(42(35)50)37-14-7-30(47)20-38(37)49/h1-6,8-13,19,21,28,34,37,48H,7,14-18,20,22-24H2. The number of fused-ring (bicyclic) bond motifs is 2. The van der Waals surface area contributed by atoms with Gasteiger partial charge in [-0.15, -0.1) is 11.3 Å². The molecule has 11 heteroatoms. The van der Waals surface area contributed by atoms with Gasteiger partial charge < -0.3 is 24.4 Å². The van der Waals surface area contributed by atoms with Crippen molar-refractivity contribution in [2.75, 3.05) is 31.1 Å². The van der Waals surface area contributed by atoms with E-state index in [1.165, 1.54) is 0 Å². The summed E-state index contributed by atoms with van der Waals surface area (Å²) in [5, 5.41) is 11.1. The van der Waals surface area contributed by atoms with E-state index in [1.54, 1.807) is 28.4 Å². The number of anilines is 1. The van der Waals surface area contributed by atoms with Gasteiger partial charge >= 0.3 is 0 Å². The van der Waals surface area contributed by atoms with Gasteiger partial charge in [0.1, 0.15) is 29.1 Å². The Morgan fingerprint density at radius 2 is 1.58 bits per heavy atom. The number of aromatic hydroxyl groups is 1. The molecule has 2 saturated heterocycles. The van der Waals surface area contributed by atoms with Gasteiger partial charge in [-0.3, -0.25) is 19.3 Å². The number of phenolic OH excluding ortho intramolecular Hbond substituents is 1. The lowest BCUT2D eigenvalue weighted by Gasteiger charge is -2.47. The number of carbonyl (C=O) groups excluding carboxylic acids is 3. The highest BCUT2D eigenvalue weighted by atomic mass is 79.9. The van der Waals surface area contributed by atoms with Crippen LogP contribution in [0.2, 0.25) is 0 Å². The summed E-state index contributed by atoms with van der Waals surface area (Å²) in [6.07, 6.45) is 2.99. The Morgan fingerprint density at radius 1 is 0.830 bits per heavy atom. The third-order valence-corrected chi connectivity index (χ3v) is 12.8. The zero-order valence-electron chi connectivity index (χ0n) is 29.0. The molecule has 53 heavy (non-hydrogen) atoms. The Hall–Kier alpha value is -4.71. The molecule has 1 aromatic heterocycles. The quantitative estimate of drug-likeness (QED) is 0.157. The number of rotatable bonds is 8. The lowest BCUT2D eigenvalue weighted by molar-refractivity contribution is -0.133. The molecule has 0 bridgehead atoms. The highest BCUT2D eigenvalue weighted by molar-refractivity contribution is 9.10. The third kappa shape index (κ3) is 6.70. The predicted octanol–water partition coefficient (Wildman–Crippen LogP) is 8.21. The fourth-order valence-corrected chi connectivity index (χ4v) is 9.58.